The van der Waals surface area contributed by atoms with Crippen molar-refractivity contribution in [3.8, 4) is 0 Å². The number of ether oxygens (including phenoxy) is 6. The van der Waals surface area contributed by atoms with E-state index in [4.69, 9.17) is 42.3 Å². The molecule has 2 bridgehead atoms. The van der Waals surface area contributed by atoms with E-state index in [1.54, 1.807) is 82.3 Å². The van der Waals surface area contributed by atoms with E-state index in [2.05, 4.69) is 20.8 Å². The van der Waals surface area contributed by atoms with E-state index in [1.807, 2.05) is 18.2 Å². The largest absolute Gasteiger partial charge is 0.467 e. The van der Waals surface area contributed by atoms with Gasteiger partial charge in [-0.1, -0.05) is 71.0 Å². The van der Waals surface area contributed by atoms with Gasteiger partial charge in [-0.25, -0.2) is 14.6 Å². The molecule has 1 aromatic heterocycles. The van der Waals surface area contributed by atoms with Gasteiger partial charge in [0.15, 0.2) is 31.8 Å². The Balaban J connectivity index is 1.33. The summed E-state index contributed by atoms with van der Waals surface area (Å²) in [6, 6.07) is 21.8. The summed E-state index contributed by atoms with van der Waals surface area (Å²) < 4.78 is 51.3. The van der Waals surface area contributed by atoms with Crippen LogP contribution >= 0.6 is 0 Å². The number of rotatable bonds is 13. The number of benzene rings is 2. The van der Waals surface area contributed by atoms with Crippen LogP contribution in [0.4, 0.5) is 0 Å². The van der Waals surface area contributed by atoms with E-state index in [0.29, 0.717) is 35.0 Å². The van der Waals surface area contributed by atoms with Crippen LogP contribution in [0.15, 0.2) is 99.6 Å². The van der Waals surface area contributed by atoms with Gasteiger partial charge in [0.05, 0.1) is 35.9 Å². The second-order valence-electron chi connectivity index (χ2n) is 19.3. The van der Waals surface area contributed by atoms with Gasteiger partial charge in [0.1, 0.15) is 29.7 Å². The molecule has 3 aliphatic carbocycles. The zero-order valence-corrected chi connectivity index (χ0v) is 40.6. The lowest BCUT2D eigenvalue weighted by atomic mass is 9.44. The number of Topliss-reactive ketones (excluding diaryl/α,β-unsaturated/α-hetero) is 1. The van der Waals surface area contributed by atoms with Crippen LogP contribution < -0.4 is 0 Å². The molecule has 3 heterocycles. The number of esters is 4. The summed E-state index contributed by atoms with van der Waals surface area (Å²) in [6.45, 7) is 15.1. The van der Waals surface area contributed by atoms with Gasteiger partial charge < -0.3 is 42.4 Å². The van der Waals surface area contributed by atoms with E-state index in [9.17, 15) is 24.3 Å². The third-order valence-corrected chi connectivity index (χ3v) is 20.3. The van der Waals surface area contributed by atoms with Crippen LogP contribution in [0, 0.1) is 16.7 Å². The normalized spacial score (nSPS) is 33.0. The Bertz CT molecular complexity index is 2440. The Hall–Kier alpha value is -5.42. The van der Waals surface area contributed by atoms with Crippen LogP contribution in [0.5, 0.6) is 0 Å². The number of hydrogen-bond acceptors (Lipinski definition) is 15. The van der Waals surface area contributed by atoms with E-state index in [-0.39, 0.29) is 30.1 Å². The summed E-state index contributed by atoms with van der Waals surface area (Å²) in [4.78, 5) is 77.3. The molecule has 11 atom stereocenters. The van der Waals surface area contributed by atoms with E-state index >= 15 is 4.79 Å². The first-order valence-electron chi connectivity index (χ1n) is 23.2. The molecule has 0 unspecified atom stereocenters. The third-order valence-electron chi connectivity index (χ3n) is 15.6. The number of carbonyl (C=O) groups excluding carboxylic acids is 5. The lowest BCUT2D eigenvalue weighted by Gasteiger charge is -2.68. The Morgan fingerprint density at radius 2 is 1.52 bits per heavy atom. The van der Waals surface area contributed by atoms with Crippen LogP contribution in [0.2, 0.25) is 18.1 Å². The van der Waals surface area contributed by atoms with Crippen LogP contribution in [0.25, 0.3) is 0 Å². The minimum absolute atomic E-state index is 0.109. The fourth-order valence-electron chi connectivity index (χ4n) is 11.7. The molecule has 2 saturated carbocycles. The summed E-state index contributed by atoms with van der Waals surface area (Å²) in [6.07, 6.45) is -6.67. The van der Waals surface area contributed by atoms with Crippen LogP contribution in [0.3, 0.4) is 0 Å². The van der Waals surface area contributed by atoms with E-state index < -0.39 is 115 Å². The number of nitrogens with zero attached hydrogens (tertiary/aromatic N) is 1. The van der Waals surface area contributed by atoms with E-state index in [1.165, 1.54) is 20.1 Å². The molecule has 0 radical (unpaired) electrons. The van der Waals surface area contributed by atoms with Crippen molar-refractivity contribution in [2.24, 2.45) is 21.7 Å². The van der Waals surface area contributed by atoms with Crippen LogP contribution in [-0.2, 0) is 52.0 Å². The van der Waals surface area contributed by atoms with Crippen molar-refractivity contribution in [1.29, 1.82) is 0 Å². The van der Waals surface area contributed by atoms with Crippen molar-refractivity contribution in [2.75, 3.05) is 6.61 Å². The number of hydrogen-bond donors (Lipinski definition) is 1. The van der Waals surface area contributed by atoms with Crippen LogP contribution in [-0.4, -0.2) is 103 Å². The van der Waals surface area contributed by atoms with Gasteiger partial charge in [0, 0.05) is 37.7 Å². The summed E-state index contributed by atoms with van der Waals surface area (Å²) in [7, 11) is -2.61. The molecule has 16 heteroatoms. The van der Waals surface area contributed by atoms with Crippen molar-refractivity contribution in [3.63, 3.8) is 0 Å². The van der Waals surface area contributed by atoms with Gasteiger partial charge in [-0.2, -0.15) is 0 Å². The molecule has 358 valence electrons. The van der Waals surface area contributed by atoms with Crippen molar-refractivity contribution >= 4 is 43.9 Å². The Morgan fingerprint density at radius 1 is 0.866 bits per heavy atom. The average molecular weight is 940 g/mol. The maximum absolute atomic E-state index is 16.3. The zero-order chi connectivity index (χ0) is 48.3. The van der Waals surface area contributed by atoms with Crippen molar-refractivity contribution in [3.05, 3.63) is 107 Å². The lowest BCUT2D eigenvalue weighted by Crippen LogP contribution is -2.82. The molecule has 0 spiro atoms. The van der Waals surface area contributed by atoms with Gasteiger partial charge >= 0.3 is 23.9 Å². The first-order valence-corrected chi connectivity index (χ1v) is 25.8. The third kappa shape index (κ3) is 7.86. The molecule has 2 aromatic carbocycles. The van der Waals surface area contributed by atoms with Crippen molar-refractivity contribution in [1.82, 2.24) is 0 Å². The second-order valence-corrected chi connectivity index (χ2v) is 24.0. The molecular formula is C51H61NO14Si. The highest BCUT2D eigenvalue weighted by atomic mass is 28.4. The van der Waals surface area contributed by atoms with Crippen molar-refractivity contribution in [2.45, 2.75) is 147 Å². The monoisotopic (exact) mass is 939 g/mol. The SMILES string of the molecule is CC[Si](CC)(CC)O[C@H]1C[C@H]2OC[C@@]2(OC(C)=O)[C@H]2[C@H](OC(=O)c3ccccc3)[C@]3(O)C[C@H](OC(=O)[C@@H]4OC(c5ccccc5)=N[C@H]4c4ccco4)C(C)=C([C@@H](OC(C)=O)C(=O)[C@]12C)C3(C)C. The fraction of sp³-hybridized carbons (Fsp3) is 0.529. The van der Waals surface area contributed by atoms with Gasteiger partial charge in [-0.3, -0.25) is 14.4 Å². The average Bonchev–Trinajstić information content (AvgIpc) is 4.01. The minimum atomic E-state index is -2.61. The maximum atomic E-state index is 16.3. The van der Waals surface area contributed by atoms with Crippen molar-refractivity contribution < 1.29 is 66.3 Å². The summed E-state index contributed by atoms with van der Waals surface area (Å²) in [5.74, 6) is -4.64. The summed E-state index contributed by atoms with van der Waals surface area (Å²) >= 11 is 0. The second kappa shape index (κ2) is 17.9. The number of ketones is 1. The van der Waals surface area contributed by atoms with Gasteiger partial charge in [0.25, 0.3) is 0 Å². The molecular weight excluding hydrogens is 879 g/mol. The summed E-state index contributed by atoms with van der Waals surface area (Å²) in [5.41, 5.74) is -6.02. The molecule has 8 rings (SSSR count). The Kier molecular flexibility index (Phi) is 12.8. The van der Waals surface area contributed by atoms with Gasteiger partial charge in [0.2, 0.25) is 12.0 Å². The molecule has 3 fully saturated rings. The fourth-order valence-corrected chi connectivity index (χ4v) is 14.6. The van der Waals surface area contributed by atoms with Crippen LogP contribution in [0.1, 0.15) is 103 Å². The lowest BCUT2D eigenvalue weighted by molar-refractivity contribution is -0.344. The Labute approximate surface area is 391 Å². The molecule has 5 aliphatic rings. The van der Waals surface area contributed by atoms with E-state index in [0.717, 1.165) is 0 Å². The molecule has 67 heavy (non-hydrogen) atoms. The molecule has 15 nitrogen and oxygen atoms in total. The zero-order valence-electron chi connectivity index (χ0n) is 39.6. The quantitative estimate of drug-likeness (QED) is 0.0770. The summed E-state index contributed by atoms with van der Waals surface area (Å²) in [5, 5.41) is 14.1. The standard InChI is InChI=1S/C51H61NO14Si/c1-10-67(11-2,12-3)66-36-26-37-50(28-60-37,65-31(6)54)42-44(64-46(56)33-22-17-14-18-23-33)51(58)27-35(29(4)38(48(51,7)8)40(61-30(5)53)43(55)49(36,42)9)62-47(57)41-39(34-24-19-25-59-34)52-45(63-41)32-20-15-13-16-21-32/h13-25,35-37,39-42,44,58H,10-12,26-28H2,1-9H3/t35-,36-,37+,39-,40+,41+,42-,44-,49+,50-,51+/m0/s1. The number of aliphatic hydroxyl groups is 1. The number of carbonyl (C=O) groups is 5. The Morgan fingerprint density at radius 3 is 2.09 bits per heavy atom. The maximum Gasteiger partial charge on any atom is 0.350 e. The molecule has 1 saturated heterocycles. The predicted octanol–water partition coefficient (Wildman–Crippen LogP) is 7.41. The highest BCUT2D eigenvalue weighted by Crippen LogP contribution is 2.65. The highest BCUT2D eigenvalue weighted by molar-refractivity contribution is 6.73. The van der Waals surface area contributed by atoms with Gasteiger partial charge in [-0.15, -0.1) is 0 Å². The van der Waals surface area contributed by atoms with Gasteiger partial charge in [-0.05, 0) is 79.5 Å². The number of furan rings is 1. The molecule has 2 aliphatic heterocycles. The smallest absolute Gasteiger partial charge is 0.350 e. The first kappa shape index (κ1) is 48.0. The minimum Gasteiger partial charge on any atom is -0.467 e. The molecule has 3 aromatic rings. The first-order chi connectivity index (χ1) is 31.8. The number of fused-ring (bicyclic) bond motifs is 5. The predicted molar refractivity (Wildman–Crippen MR) is 244 cm³/mol. The molecule has 0 amide bonds. The topological polar surface area (TPSA) is 196 Å². The molecule has 1 N–H and O–H groups in total. The highest BCUT2D eigenvalue weighted by Gasteiger charge is 2.79. The number of aliphatic imine (C=N–C) groups is 1.